The molecule has 0 aromatic heterocycles. The van der Waals surface area contributed by atoms with Gasteiger partial charge in [-0.1, -0.05) is 84.0 Å². The third-order valence-electron chi connectivity index (χ3n) is 5.63. The van der Waals surface area contributed by atoms with Gasteiger partial charge in [0.15, 0.2) is 0 Å². The highest BCUT2D eigenvalue weighted by molar-refractivity contribution is 5.84. The first-order valence-electron chi connectivity index (χ1n) is 11.0. The fourth-order valence-electron chi connectivity index (χ4n) is 3.13. The van der Waals surface area contributed by atoms with Crippen LogP contribution in [0.3, 0.4) is 0 Å². The third kappa shape index (κ3) is 11.4. The van der Waals surface area contributed by atoms with Gasteiger partial charge in [-0.15, -0.1) is 0 Å². The number of carboxylic acid groups (broad SMARTS) is 1. The summed E-state index contributed by atoms with van der Waals surface area (Å²) in [4.78, 5) is 23.5. The maximum atomic E-state index is 12.1. The fraction of sp³-hybridized carbons (Fsp3) is 0.909. The van der Waals surface area contributed by atoms with Crippen molar-refractivity contribution in [1.82, 2.24) is 5.32 Å². The molecule has 0 aliphatic carbocycles. The van der Waals surface area contributed by atoms with Crippen molar-refractivity contribution in [3.63, 3.8) is 0 Å². The van der Waals surface area contributed by atoms with E-state index in [0.717, 1.165) is 19.3 Å². The van der Waals surface area contributed by atoms with E-state index in [1.165, 1.54) is 71.1 Å². The Morgan fingerprint density at radius 3 is 1.48 bits per heavy atom. The number of carboxylic acids is 1. The molecule has 0 saturated heterocycles. The van der Waals surface area contributed by atoms with Crippen molar-refractivity contribution in [2.24, 2.45) is 0 Å². The molecule has 0 aromatic carbocycles. The third-order valence-corrected chi connectivity index (χ3v) is 5.63. The Hall–Kier alpha value is -1.10. The van der Waals surface area contributed by atoms with Crippen LogP contribution >= 0.6 is 0 Å². The average Bonchev–Trinajstić information content (AvgIpc) is 2.57. The average molecular weight is 385 g/mol. The highest BCUT2D eigenvalue weighted by atomic mass is 16.4. The first kappa shape index (κ1) is 25.9. The van der Waals surface area contributed by atoms with Crippen LogP contribution in [0, 0.1) is 0 Å². The molecule has 0 fully saturated rings. The van der Waals surface area contributed by atoms with E-state index in [2.05, 4.69) is 12.2 Å². The number of hydrogen-bond acceptors (Lipinski definition) is 3. The monoisotopic (exact) mass is 384 g/mol. The van der Waals surface area contributed by atoms with E-state index in [1.807, 2.05) is 0 Å². The SMILES string of the molecule is CCCCCCCCCCCCCCCC(=O)NC(C)(C(=O)[O-])[N+](C)(C)C. The summed E-state index contributed by atoms with van der Waals surface area (Å²) in [6, 6.07) is 0. The van der Waals surface area contributed by atoms with Crippen molar-refractivity contribution in [2.75, 3.05) is 21.1 Å². The number of nitrogens with zero attached hydrogens (tertiary/aromatic N) is 1. The zero-order valence-electron chi connectivity index (χ0n) is 18.6. The number of unbranched alkanes of at least 4 members (excludes halogenated alkanes) is 12. The molecule has 1 unspecified atom stereocenters. The van der Waals surface area contributed by atoms with Gasteiger partial charge in [0.2, 0.25) is 11.6 Å². The number of carbonyl (C=O) groups is 2. The molecular formula is C22H44N2O3. The number of quaternary nitrogens is 1. The zero-order chi connectivity index (χ0) is 20.8. The highest BCUT2D eigenvalue weighted by Crippen LogP contribution is 2.16. The van der Waals surface area contributed by atoms with Gasteiger partial charge >= 0.3 is 0 Å². The van der Waals surface area contributed by atoms with E-state index >= 15 is 0 Å². The number of aliphatic carboxylic acids is 1. The Bertz CT molecular complexity index is 418. The summed E-state index contributed by atoms with van der Waals surface area (Å²) in [5.74, 6) is -1.47. The molecule has 1 amide bonds. The topological polar surface area (TPSA) is 69.2 Å². The predicted octanol–water partition coefficient (Wildman–Crippen LogP) is 3.76. The standard InChI is InChI=1S/C22H44N2O3/c1-6-7-8-9-10-11-12-13-14-15-16-17-18-19-20(25)23-22(2,21(26)27)24(3,4)5/h6-19H2,1-5H3,(H-,23,25,26,27). The summed E-state index contributed by atoms with van der Waals surface area (Å²) in [7, 11) is 5.21. The lowest BCUT2D eigenvalue weighted by molar-refractivity contribution is -0.916. The quantitative estimate of drug-likeness (QED) is 0.236. The van der Waals surface area contributed by atoms with Crippen molar-refractivity contribution in [3.05, 3.63) is 0 Å². The maximum absolute atomic E-state index is 12.1. The zero-order valence-corrected chi connectivity index (χ0v) is 18.6. The summed E-state index contributed by atoms with van der Waals surface area (Å²) in [5.41, 5.74) is -1.41. The van der Waals surface area contributed by atoms with E-state index in [1.54, 1.807) is 21.1 Å². The Balaban J connectivity index is 3.68. The molecule has 0 aliphatic rings. The van der Waals surface area contributed by atoms with Gasteiger partial charge in [0.25, 0.3) is 0 Å². The van der Waals surface area contributed by atoms with Crippen LogP contribution in [-0.2, 0) is 9.59 Å². The number of nitrogens with one attached hydrogen (secondary N) is 1. The molecule has 27 heavy (non-hydrogen) atoms. The van der Waals surface area contributed by atoms with Crippen LogP contribution in [0.2, 0.25) is 0 Å². The fourth-order valence-corrected chi connectivity index (χ4v) is 3.13. The molecular weight excluding hydrogens is 340 g/mol. The highest BCUT2D eigenvalue weighted by Gasteiger charge is 2.41. The Morgan fingerprint density at radius 2 is 1.15 bits per heavy atom. The molecule has 0 heterocycles. The minimum atomic E-state index is -1.41. The predicted molar refractivity (Wildman–Crippen MR) is 110 cm³/mol. The first-order chi connectivity index (χ1) is 12.6. The minimum absolute atomic E-state index is 0.0830. The Morgan fingerprint density at radius 1 is 0.778 bits per heavy atom. The number of rotatable bonds is 17. The molecule has 0 aromatic rings. The Kier molecular flexibility index (Phi) is 13.4. The van der Waals surface area contributed by atoms with Crippen molar-refractivity contribution < 1.29 is 19.2 Å². The molecule has 0 saturated carbocycles. The summed E-state index contributed by atoms with van der Waals surface area (Å²) >= 11 is 0. The molecule has 0 aliphatic heterocycles. The van der Waals surface area contributed by atoms with Gasteiger partial charge in [-0.05, 0) is 6.42 Å². The number of hydrogen-bond donors (Lipinski definition) is 1. The second kappa shape index (κ2) is 14.0. The van der Waals surface area contributed by atoms with Crippen LogP contribution in [0.5, 0.6) is 0 Å². The molecule has 0 rings (SSSR count). The van der Waals surface area contributed by atoms with Crippen LogP contribution in [0.15, 0.2) is 0 Å². The van der Waals surface area contributed by atoms with Gasteiger partial charge in [0, 0.05) is 13.3 Å². The number of likely N-dealkylation sites (N-methyl/N-ethyl adjacent to an activating group) is 1. The summed E-state index contributed by atoms with van der Waals surface area (Å²) in [6.07, 6.45) is 16.8. The summed E-state index contributed by atoms with van der Waals surface area (Å²) in [6.45, 7) is 3.76. The van der Waals surface area contributed by atoms with Crippen LogP contribution in [0.1, 0.15) is 104 Å². The second-order valence-electron chi connectivity index (χ2n) is 8.91. The molecule has 1 atom stereocenters. The first-order valence-corrected chi connectivity index (χ1v) is 11.0. The summed E-state index contributed by atoms with van der Waals surface area (Å²) in [5, 5.41) is 14.1. The number of carbonyl (C=O) groups excluding carboxylic acids is 2. The van der Waals surface area contributed by atoms with Crippen LogP contribution in [0.25, 0.3) is 0 Å². The van der Waals surface area contributed by atoms with E-state index in [0.29, 0.717) is 6.42 Å². The van der Waals surface area contributed by atoms with Crippen molar-refractivity contribution in [2.45, 2.75) is 109 Å². The van der Waals surface area contributed by atoms with E-state index in [4.69, 9.17) is 0 Å². The van der Waals surface area contributed by atoms with Gasteiger partial charge in [0.05, 0.1) is 21.1 Å². The van der Waals surface area contributed by atoms with Crippen LogP contribution < -0.4 is 10.4 Å². The van der Waals surface area contributed by atoms with Gasteiger partial charge < -0.3 is 14.4 Å². The summed E-state index contributed by atoms with van der Waals surface area (Å²) < 4.78 is 0.0830. The minimum Gasteiger partial charge on any atom is -0.542 e. The van der Waals surface area contributed by atoms with Crippen LogP contribution in [0.4, 0.5) is 0 Å². The molecule has 5 nitrogen and oxygen atoms in total. The lowest BCUT2D eigenvalue weighted by atomic mass is 10.0. The van der Waals surface area contributed by atoms with Crippen molar-refractivity contribution in [3.8, 4) is 0 Å². The molecule has 5 heteroatoms. The molecule has 1 N–H and O–H groups in total. The van der Waals surface area contributed by atoms with Gasteiger partial charge in [-0.2, -0.15) is 0 Å². The molecule has 0 bridgehead atoms. The van der Waals surface area contributed by atoms with Gasteiger partial charge in [-0.25, -0.2) is 0 Å². The van der Waals surface area contributed by atoms with Gasteiger partial charge in [-0.3, -0.25) is 10.1 Å². The van der Waals surface area contributed by atoms with E-state index in [9.17, 15) is 14.7 Å². The molecule has 160 valence electrons. The van der Waals surface area contributed by atoms with Crippen molar-refractivity contribution in [1.29, 1.82) is 0 Å². The number of amides is 1. The normalized spacial score (nSPS) is 14.0. The lowest BCUT2D eigenvalue weighted by Gasteiger charge is -2.44. The van der Waals surface area contributed by atoms with Crippen molar-refractivity contribution >= 4 is 11.9 Å². The lowest BCUT2D eigenvalue weighted by Crippen LogP contribution is -2.72. The Labute approximate surface area is 167 Å². The molecule has 0 spiro atoms. The maximum Gasteiger partial charge on any atom is 0.224 e. The molecule has 0 radical (unpaired) electrons. The second-order valence-corrected chi connectivity index (χ2v) is 8.91. The van der Waals surface area contributed by atoms with Crippen LogP contribution in [-0.4, -0.2) is 43.2 Å². The van der Waals surface area contributed by atoms with E-state index < -0.39 is 11.6 Å². The van der Waals surface area contributed by atoms with E-state index in [-0.39, 0.29) is 10.4 Å². The van der Waals surface area contributed by atoms with Gasteiger partial charge in [0.1, 0.15) is 5.97 Å². The smallest absolute Gasteiger partial charge is 0.224 e. The largest absolute Gasteiger partial charge is 0.542 e.